The Morgan fingerprint density at radius 1 is 1.06 bits per heavy atom. The Kier molecular flexibility index (Phi) is 8.00. The van der Waals surface area contributed by atoms with Gasteiger partial charge < -0.3 is 20.3 Å². The Labute approximate surface area is 92.4 Å². The fourth-order valence-electron chi connectivity index (χ4n) is 0.843. The molecule has 0 aromatic heterocycles. The zero-order valence-electron chi connectivity index (χ0n) is 8.77. The molecule has 1 heterocycles. The highest BCUT2D eigenvalue weighted by molar-refractivity contribution is 6.32. The lowest BCUT2D eigenvalue weighted by molar-refractivity contribution is -0.149. The summed E-state index contributed by atoms with van der Waals surface area (Å²) in [5.41, 5.74) is 0. The zero-order chi connectivity index (χ0) is 12.4. The molecule has 1 fully saturated rings. The van der Waals surface area contributed by atoms with Gasteiger partial charge in [-0.3, -0.25) is 9.59 Å². The van der Waals surface area contributed by atoms with Crippen molar-refractivity contribution >= 4 is 17.7 Å². The molecule has 0 bridgehead atoms. The Morgan fingerprint density at radius 2 is 1.62 bits per heavy atom. The number of aliphatic carboxylic acids is 2. The van der Waals surface area contributed by atoms with Crippen molar-refractivity contribution in [2.75, 3.05) is 26.3 Å². The molecule has 3 N–H and O–H groups in total. The number of Topliss-reactive ketones (excluding diaryl/α,β-unsaturated/α-hetero) is 1. The quantitative estimate of drug-likeness (QED) is 0.540. The predicted molar refractivity (Wildman–Crippen MR) is 53.2 cm³/mol. The fraction of sp³-hybridized carbons (Fsp3) is 0.667. The van der Waals surface area contributed by atoms with Crippen LogP contribution in [0.15, 0.2) is 0 Å². The van der Waals surface area contributed by atoms with Gasteiger partial charge in [-0.15, -0.1) is 0 Å². The van der Waals surface area contributed by atoms with Gasteiger partial charge in [0.15, 0.2) is 0 Å². The van der Waals surface area contributed by atoms with Crippen molar-refractivity contribution in [2.45, 2.75) is 12.8 Å². The van der Waals surface area contributed by atoms with E-state index in [4.69, 9.17) is 14.9 Å². The lowest BCUT2D eigenvalue weighted by Crippen LogP contribution is -2.30. The lowest BCUT2D eigenvalue weighted by atomic mass is 10.2. The minimum Gasteiger partial charge on any atom is -0.481 e. The molecule has 0 aromatic rings. The van der Waals surface area contributed by atoms with Crippen LogP contribution in [0.2, 0.25) is 0 Å². The number of carboxylic acids is 2. The minimum atomic E-state index is -1.58. The first-order chi connectivity index (χ1) is 7.54. The Morgan fingerprint density at radius 3 is 1.88 bits per heavy atom. The van der Waals surface area contributed by atoms with Crippen molar-refractivity contribution in [3.8, 4) is 0 Å². The second-order valence-corrected chi connectivity index (χ2v) is 2.98. The van der Waals surface area contributed by atoms with Crippen LogP contribution < -0.4 is 5.32 Å². The molecule has 0 aliphatic carbocycles. The Bertz CT molecular complexity index is 237. The highest BCUT2D eigenvalue weighted by atomic mass is 16.5. The van der Waals surface area contributed by atoms with E-state index < -0.39 is 30.6 Å². The van der Waals surface area contributed by atoms with Gasteiger partial charge in [0.2, 0.25) is 5.78 Å². The number of carbonyl (C=O) groups excluding carboxylic acids is 1. The smallest absolute Gasteiger partial charge is 0.372 e. The second-order valence-electron chi connectivity index (χ2n) is 2.98. The molecule has 0 unspecified atom stereocenters. The van der Waals surface area contributed by atoms with Crippen molar-refractivity contribution in [3.05, 3.63) is 0 Å². The summed E-state index contributed by atoms with van der Waals surface area (Å²) in [4.78, 5) is 29.7. The summed E-state index contributed by atoms with van der Waals surface area (Å²) in [6, 6.07) is 0. The number of nitrogens with one attached hydrogen (secondary N) is 1. The van der Waals surface area contributed by atoms with Crippen LogP contribution in [0.4, 0.5) is 0 Å². The van der Waals surface area contributed by atoms with Gasteiger partial charge in [-0.05, 0) is 0 Å². The van der Waals surface area contributed by atoms with Crippen LogP contribution in [-0.2, 0) is 19.1 Å². The molecular weight excluding hydrogens is 218 g/mol. The third kappa shape index (κ3) is 9.10. The van der Waals surface area contributed by atoms with Gasteiger partial charge in [0.1, 0.15) is 0 Å². The third-order valence-electron chi connectivity index (χ3n) is 1.65. The molecular formula is C9H15NO6. The number of ketones is 1. The summed E-state index contributed by atoms with van der Waals surface area (Å²) < 4.78 is 5.01. The summed E-state index contributed by atoms with van der Waals surface area (Å²) in [6.07, 6.45) is -0.865. The first-order valence-corrected chi connectivity index (χ1v) is 4.80. The lowest BCUT2D eigenvalue weighted by Gasteiger charge is -2.10. The van der Waals surface area contributed by atoms with Gasteiger partial charge in [0.25, 0.3) is 0 Å². The molecule has 1 aliphatic heterocycles. The first-order valence-electron chi connectivity index (χ1n) is 4.80. The largest absolute Gasteiger partial charge is 0.481 e. The topological polar surface area (TPSA) is 113 Å². The number of ether oxygens (including phenoxy) is 1. The maximum Gasteiger partial charge on any atom is 0.372 e. The van der Waals surface area contributed by atoms with E-state index in [1.54, 1.807) is 0 Å². The molecule has 0 spiro atoms. The van der Waals surface area contributed by atoms with Gasteiger partial charge in [-0.25, -0.2) is 4.79 Å². The molecule has 0 amide bonds. The van der Waals surface area contributed by atoms with Crippen LogP contribution >= 0.6 is 0 Å². The molecule has 1 rings (SSSR count). The van der Waals surface area contributed by atoms with Crippen molar-refractivity contribution < 1.29 is 29.3 Å². The summed E-state index contributed by atoms with van der Waals surface area (Å²) in [6.45, 7) is 3.83. The SMILES string of the molecule is C1COCCN1.O=C(O)CCC(=O)C(=O)O. The third-order valence-corrected chi connectivity index (χ3v) is 1.65. The predicted octanol–water partition coefficient (Wildman–Crippen LogP) is -0.889. The number of hydrogen-bond acceptors (Lipinski definition) is 5. The molecule has 0 saturated carbocycles. The number of carbonyl (C=O) groups is 3. The molecule has 0 aromatic carbocycles. The van der Waals surface area contributed by atoms with Crippen LogP contribution in [0.5, 0.6) is 0 Å². The van der Waals surface area contributed by atoms with E-state index in [1.807, 2.05) is 0 Å². The van der Waals surface area contributed by atoms with E-state index in [0.717, 1.165) is 26.3 Å². The minimum absolute atomic E-state index is 0.425. The van der Waals surface area contributed by atoms with Crippen molar-refractivity contribution in [1.29, 1.82) is 0 Å². The molecule has 7 heteroatoms. The molecule has 1 saturated heterocycles. The number of hydrogen-bond donors (Lipinski definition) is 3. The maximum atomic E-state index is 10.2. The van der Waals surface area contributed by atoms with E-state index in [0.29, 0.717) is 0 Å². The van der Waals surface area contributed by atoms with Crippen molar-refractivity contribution in [2.24, 2.45) is 0 Å². The summed E-state index contributed by atoms with van der Waals surface area (Å²) in [7, 11) is 0. The van der Waals surface area contributed by atoms with Crippen LogP contribution in [0, 0.1) is 0 Å². The van der Waals surface area contributed by atoms with Gasteiger partial charge in [-0.1, -0.05) is 0 Å². The van der Waals surface area contributed by atoms with Gasteiger partial charge in [0.05, 0.1) is 19.6 Å². The molecule has 7 nitrogen and oxygen atoms in total. The number of morpholine rings is 1. The van der Waals surface area contributed by atoms with E-state index in [-0.39, 0.29) is 0 Å². The average Bonchev–Trinajstić information content (AvgIpc) is 2.28. The standard InChI is InChI=1S/C5H6O5.C4H9NO/c6-3(5(9)10)1-2-4(7)8;1-3-6-4-2-5-1/h1-2H2,(H,7,8)(H,9,10);5H,1-4H2. The Balaban J connectivity index is 0.000000315. The maximum absolute atomic E-state index is 10.2. The number of rotatable bonds is 4. The summed E-state index contributed by atoms with van der Waals surface area (Å²) in [5.74, 6) is -3.82. The zero-order valence-corrected chi connectivity index (χ0v) is 8.77. The second kappa shape index (κ2) is 8.81. The first kappa shape index (κ1) is 14.5. The Hall–Kier alpha value is -1.47. The van der Waals surface area contributed by atoms with E-state index in [2.05, 4.69) is 5.32 Å². The van der Waals surface area contributed by atoms with Crippen LogP contribution in [0.1, 0.15) is 12.8 Å². The summed E-state index contributed by atoms with van der Waals surface area (Å²) in [5, 5.41) is 19.1. The fourth-order valence-corrected chi connectivity index (χ4v) is 0.843. The van der Waals surface area contributed by atoms with Gasteiger partial charge in [-0.2, -0.15) is 0 Å². The molecule has 16 heavy (non-hydrogen) atoms. The molecule has 92 valence electrons. The molecule has 1 aliphatic rings. The van der Waals surface area contributed by atoms with E-state index in [1.165, 1.54) is 0 Å². The van der Waals surface area contributed by atoms with Crippen LogP contribution in [0.25, 0.3) is 0 Å². The number of carboxylic acid groups (broad SMARTS) is 2. The van der Waals surface area contributed by atoms with Gasteiger partial charge >= 0.3 is 11.9 Å². The van der Waals surface area contributed by atoms with Crippen molar-refractivity contribution in [1.82, 2.24) is 5.32 Å². The van der Waals surface area contributed by atoms with Gasteiger partial charge in [0, 0.05) is 19.5 Å². The summed E-state index contributed by atoms with van der Waals surface area (Å²) >= 11 is 0. The average molecular weight is 233 g/mol. The molecule has 0 radical (unpaired) electrons. The van der Waals surface area contributed by atoms with E-state index >= 15 is 0 Å². The van der Waals surface area contributed by atoms with E-state index in [9.17, 15) is 14.4 Å². The van der Waals surface area contributed by atoms with Crippen LogP contribution in [0.3, 0.4) is 0 Å². The normalized spacial score (nSPS) is 14.5. The molecule has 0 atom stereocenters. The van der Waals surface area contributed by atoms with Crippen molar-refractivity contribution in [3.63, 3.8) is 0 Å². The highest BCUT2D eigenvalue weighted by Crippen LogP contribution is 1.90. The van der Waals surface area contributed by atoms with Crippen LogP contribution in [-0.4, -0.2) is 54.2 Å². The highest BCUT2D eigenvalue weighted by Gasteiger charge is 2.12. The monoisotopic (exact) mass is 233 g/mol.